The van der Waals surface area contributed by atoms with E-state index < -0.39 is 8.07 Å². The number of aromatic amines is 1. The summed E-state index contributed by atoms with van der Waals surface area (Å²) in [7, 11) is -1.10. The lowest BCUT2D eigenvalue weighted by atomic mass is 9.75. The molecular formula is C46H56N14OSi. The van der Waals surface area contributed by atoms with Crippen molar-refractivity contribution in [2.45, 2.75) is 59.1 Å². The van der Waals surface area contributed by atoms with Crippen LogP contribution in [-0.2, 0) is 11.5 Å². The molecule has 15 nitrogen and oxygen atoms in total. The van der Waals surface area contributed by atoms with E-state index in [2.05, 4.69) is 118 Å². The zero-order chi connectivity index (χ0) is 43.1. The lowest BCUT2D eigenvalue weighted by Crippen LogP contribution is -2.47. The largest absolute Gasteiger partial charge is 0.361 e. The van der Waals surface area contributed by atoms with Crippen LogP contribution in [0.1, 0.15) is 37.8 Å². The summed E-state index contributed by atoms with van der Waals surface area (Å²) in [6, 6.07) is 17.3. The lowest BCUT2D eigenvalue weighted by molar-refractivity contribution is 0.0899. The number of aromatic nitrogens is 8. The Morgan fingerprint density at radius 1 is 0.710 bits per heavy atom. The van der Waals surface area contributed by atoms with Crippen LogP contribution < -0.4 is 19.6 Å². The molecule has 6 aromatic rings. The van der Waals surface area contributed by atoms with Gasteiger partial charge in [0.15, 0.2) is 0 Å². The molecule has 4 aliphatic heterocycles. The molecule has 16 heteroatoms. The molecule has 1 N–H and O–H groups in total. The van der Waals surface area contributed by atoms with Crippen LogP contribution in [0.25, 0.3) is 22.1 Å². The summed E-state index contributed by atoms with van der Waals surface area (Å²) in [5, 5.41) is 20.2. The highest BCUT2D eigenvalue weighted by Crippen LogP contribution is 2.46. The molecule has 10 rings (SSSR count). The Hall–Kier alpha value is -6.10. The van der Waals surface area contributed by atoms with E-state index >= 15 is 0 Å². The lowest BCUT2D eigenvalue weighted by Gasteiger charge is -2.42. The fourth-order valence-electron chi connectivity index (χ4n) is 10.1. The van der Waals surface area contributed by atoms with Crippen LogP contribution in [0.3, 0.4) is 0 Å². The summed E-state index contributed by atoms with van der Waals surface area (Å²) in [6.07, 6.45) is 12.9. The van der Waals surface area contributed by atoms with Gasteiger partial charge in [-0.1, -0.05) is 33.5 Å². The van der Waals surface area contributed by atoms with Gasteiger partial charge in [-0.3, -0.25) is 0 Å². The Kier molecular flexibility index (Phi) is 11.1. The van der Waals surface area contributed by atoms with Gasteiger partial charge in [-0.25, -0.2) is 29.9 Å². The van der Waals surface area contributed by atoms with E-state index in [9.17, 15) is 0 Å². The molecule has 0 spiro atoms. The second-order valence-corrected chi connectivity index (χ2v) is 25.0. The highest BCUT2D eigenvalue weighted by atomic mass is 28.3. The monoisotopic (exact) mass is 848 g/mol. The second-order valence-electron chi connectivity index (χ2n) is 19.4. The third-order valence-electron chi connectivity index (χ3n) is 13.7. The van der Waals surface area contributed by atoms with E-state index in [1.54, 1.807) is 25.0 Å². The first-order valence-electron chi connectivity index (χ1n) is 21.8. The van der Waals surface area contributed by atoms with Gasteiger partial charge in [0.1, 0.15) is 66.1 Å². The quantitative estimate of drug-likeness (QED) is 0.118. The number of nitrogens with one attached hydrogen (secondary N) is 1. The molecule has 4 aliphatic rings. The SMILES string of the molecule is C[C@@]12CN(c3ccc(C#N)cn3)C[C@@H]1CCN(c1ncnc3[nH]ccc13)C2.C[C@@]12CN(c3ccc(C#N)cn3)C[C@@H]1CCN(c1ncnc3c1ccn3COCC[Si](C)(C)C)C2. The number of nitriles is 2. The van der Waals surface area contributed by atoms with Crippen LogP contribution in [0.4, 0.5) is 23.3 Å². The van der Waals surface area contributed by atoms with E-state index in [0.29, 0.717) is 29.7 Å². The van der Waals surface area contributed by atoms with Crippen molar-refractivity contribution in [2.24, 2.45) is 22.7 Å². The summed E-state index contributed by atoms with van der Waals surface area (Å²) < 4.78 is 8.07. The maximum absolute atomic E-state index is 9.07. The number of fused-ring (bicyclic) bond motifs is 4. The third kappa shape index (κ3) is 8.29. The van der Waals surface area contributed by atoms with Gasteiger partial charge in [0, 0.05) is 103 Å². The maximum atomic E-state index is 9.07. The Morgan fingerprint density at radius 3 is 1.82 bits per heavy atom. The Balaban J connectivity index is 0.000000163. The van der Waals surface area contributed by atoms with Crippen molar-refractivity contribution in [3.63, 3.8) is 0 Å². The van der Waals surface area contributed by atoms with Crippen LogP contribution in [-0.4, -0.2) is 106 Å². The molecule has 4 fully saturated rings. The summed E-state index contributed by atoms with van der Waals surface area (Å²) in [5.74, 6) is 5.21. The van der Waals surface area contributed by atoms with Crippen molar-refractivity contribution in [3.8, 4) is 12.1 Å². The molecule has 0 bridgehead atoms. The van der Waals surface area contributed by atoms with Crippen molar-refractivity contribution in [1.29, 1.82) is 10.5 Å². The molecule has 4 atom stereocenters. The van der Waals surface area contributed by atoms with Gasteiger partial charge in [-0.15, -0.1) is 0 Å². The Bertz CT molecular complexity index is 2610. The minimum Gasteiger partial charge on any atom is -0.361 e. The fraction of sp³-hybridized carbons (Fsp3) is 0.478. The molecule has 6 aromatic heterocycles. The van der Waals surface area contributed by atoms with E-state index in [1.165, 1.54) is 0 Å². The highest BCUT2D eigenvalue weighted by molar-refractivity contribution is 6.76. The minimum atomic E-state index is -1.10. The zero-order valence-electron chi connectivity index (χ0n) is 36.5. The van der Waals surface area contributed by atoms with Crippen LogP contribution >= 0.6 is 0 Å². The molecule has 0 radical (unpaired) electrons. The molecular weight excluding hydrogens is 793 g/mol. The van der Waals surface area contributed by atoms with Crippen LogP contribution in [0.2, 0.25) is 25.7 Å². The topological polar surface area (TPSA) is 168 Å². The predicted molar refractivity (Wildman–Crippen MR) is 245 cm³/mol. The highest BCUT2D eigenvalue weighted by Gasteiger charge is 2.48. The summed E-state index contributed by atoms with van der Waals surface area (Å²) >= 11 is 0. The first-order chi connectivity index (χ1) is 29.9. The van der Waals surface area contributed by atoms with Gasteiger partial charge < -0.3 is 33.9 Å². The number of anilines is 4. The van der Waals surface area contributed by atoms with Crippen molar-refractivity contribution < 1.29 is 4.74 Å². The maximum Gasteiger partial charge on any atom is 0.147 e. The molecule has 4 saturated heterocycles. The summed E-state index contributed by atoms with van der Waals surface area (Å²) in [6.45, 7) is 21.1. The normalized spacial score (nSPS) is 23.5. The fourth-order valence-corrected chi connectivity index (χ4v) is 10.9. The number of H-pyrrole nitrogens is 1. The zero-order valence-corrected chi connectivity index (χ0v) is 37.5. The number of nitrogens with zero attached hydrogens (tertiary/aromatic N) is 13. The van der Waals surface area contributed by atoms with Crippen molar-refractivity contribution in [1.82, 2.24) is 39.5 Å². The molecule has 0 amide bonds. The van der Waals surface area contributed by atoms with Crippen LogP contribution in [0, 0.1) is 45.3 Å². The van der Waals surface area contributed by atoms with Gasteiger partial charge >= 0.3 is 0 Å². The molecule has 320 valence electrons. The number of rotatable bonds is 9. The molecule has 0 aromatic carbocycles. The predicted octanol–water partition coefficient (Wildman–Crippen LogP) is 6.94. The van der Waals surface area contributed by atoms with Gasteiger partial charge in [-0.2, -0.15) is 10.5 Å². The standard InChI is InChI=1S/C26H35N7OSi.C20H21N7/c1-26-16-31(9-7-21(26)15-33(17-26)23-6-5-20(13-27)14-28-23)24-22-8-10-32(25(22)30-18-29-24)19-34-11-12-35(2,3)4;1-20-11-26(19-16-4-6-22-18(16)24-13-25-19)7-5-15(20)10-27(12-20)17-3-2-14(8-21)9-23-17/h5-6,8,10,14,18,21H,7,9,11-12,15-17,19H2,1-4H3;2-4,6,9,13,15H,5,7,10-12H2,1H3,(H,22,24,25)/t21-,26+;15-,20+/m00/s1. The number of ether oxygens (including phenoxy) is 1. The molecule has 0 aliphatic carbocycles. The van der Waals surface area contributed by atoms with Crippen LogP contribution in [0.5, 0.6) is 0 Å². The Morgan fingerprint density at radius 2 is 1.27 bits per heavy atom. The van der Waals surface area contributed by atoms with Gasteiger partial charge in [0.25, 0.3) is 0 Å². The number of hydrogen-bond acceptors (Lipinski definition) is 13. The van der Waals surface area contributed by atoms with Crippen LogP contribution in [0.15, 0.2) is 73.8 Å². The molecule has 0 saturated carbocycles. The van der Waals surface area contributed by atoms with Crippen molar-refractivity contribution in [3.05, 3.63) is 85.0 Å². The third-order valence-corrected chi connectivity index (χ3v) is 15.4. The average molecular weight is 849 g/mol. The average Bonchev–Trinajstić information content (AvgIpc) is 4.08. The molecule has 62 heavy (non-hydrogen) atoms. The smallest absolute Gasteiger partial charge is 0.147 e. The van der Waals surface area contributed by atoms with E-state index in [1.807, 2.05) is 30.5 Å². The van der Waals surface area contributed by atoms with E-state index in [0.717, 1.165) is 123 Å². The molecule has 0 unspecified atom stereocenters. The summed E-state index contributed by atoms with van der Waals surface area (Å²) in [4.78, 5) is 40.0. The number of pyridine rings is 2. The molecule has 10 heterocycles. The number of piperidine rings is 2. The van der Waals surface area contributed by atoms with E-state index in [-0.39, 0.29) is 10.8 Å². The van der Waals surface area contributed by atoms with Crippen molar-refractivity contribution in [2.75, 3.05) is 78.6 Å². The van der Waals surface area contributed by atoms with Gasteiger partial charge in [0.05, 0.1) is 21.9 Å². The van der Waals surface area contributed by atoms with E-state index in [4.69, 9.17) is 20.2 Å². The Labute approximate surface area is 364 Å². The summed E-state index contributed by atoms with van der Waals surface area (Å²) in [5.41, 5.74) is 3.36. The van der Waals surface area contributed by atoms with Gasteiger partial charge in [0.2, 0.25) is 0 Å². The van der Waals surface area contributed by atoms with Gasteiger partial charge in [-0.05, 0) is 67.1 Å². The second kappa shape index (κ2) is 16.6. The minimum absolute atomic E-state index is 0.146. The first kappa shape index (κ1) is 41.3. The first-order valence-corrected chi connectivity index (χ1v) is 25.5. The van der Waals surface area contributed by atoms with Crippen molar-refractivity contribution >= 4 is 53.4 Å². The number of hydrogen-bond donors (Lipinski definition) is 1.